The predicted octanol–water partition coefficient (Wildman–Crippen LogP) is 4.33. The van der Waals surface area contributed by atoms with Crippen molar-refractivity contribution in [3.05, 3.63) is 90.8 Å². The zero-order valence-electron chi connectivity index (χ0n) is 14.2. The van der Waals surface area contributed by atoms with E-state index in [-0.39, 0.29) is 0 Å². The van der Waals surface area contributed by atoms with E-state index in [1.807, 2.05) is 48.5 Å². The summed E-state index contributed by atoms with van der Waals surface area (Å²) in [4.78, 5) is 13.7. The van der Waals surface area contributed by atoms with Gasteiger partial charge in [0.1, 0.15) is 0 Å². The molecule has 0 saturated carbocycles. The largest absolute Gasteiger partial charge is 0.326 e. The van der Waals surface area contributed by atoms with Crippen LogP contribution >= 0.6 is 0 Å². The number of hydrogen-bond acceptors (Lipinski definition) is 4. The Morgan fingerprint density at radius 3 is 1.77 bits per heavy atom. The Balaban J connectivity index is 1.94. The van der Waals surface area contributed by atoms with Crippen molar-refractivity contribution in [2.45, 2.75) is 6.54 Å². The molecule has 0 bridgehead atoms. The van der Waals surface area contributed by atoms with Crippen molar-refractivity contribution < 1.29 is 0 Å². The van der Waals surface area contributed by atoms with Crippen molar-refractivity contribution in [2.24, 2.45) is 5.73 Å². The Kier molecular flexibility index (Phi) is 4.50. The fourth-order valence-electron chi connectivity index (χ4n) is 2.96. The van der Waals surface area contributed by atoms with Crippen molar-refractivity contribution in [2.75, 3.05) is 0 Å². The van der Waals surface area contributed by atoms with Crippen LogP contribution in [-0.4, -0.2) is 15.0 Å². The number of rotatable bonds is 4. The van der Waals surface area contributed by atoms with Crippen LogP contribution in [0, 0.1) is 0 Å². The summed E-state index contributed by atoms with van der Waals surface area (Å²) < 4.78 is 0. The average Bonchev–Trinajstić information content (AvgIpc) is 2.74. The van der Waals surface area contributed by atoms with E-state index in [9.17, 15) is 0 Å². The first kappa shape index (κ1) is 16.1. The highest BCUT2D eigenvalue weighted by Crippen LogP contribution is 2.30. The number of nitrogens with zero attached hydrogens (tertiary/aromatic N) is 3. The number of hydrogen-bond donors (Lipinski definition) is 1. The normalized spacial score (nSPS) is 10.7. The van der Waals surface area contributed by atoms with Crippen LogP contribution < -0.4 is 5.73 Å². The number of nitrogens with two attached hydrogens (primary N) is 1. The summed E-state index contributed by atoms with van der Waals surface area (Å²) in [5.74, 6) is 0. The van der Waals surface area contributed by atoms with Crippen molar-refractivity contribution in [3.63, 3.8) is 0 Å². The van der Waals surface area contributed by atoms with Crippen molar-refractivity contribution in [3.8, 4) is 33.9 Å². The summed E-state index contributed by atoms with van der Waals surface area (Å²) in [7, 11) is 0. The van der Waals surface area contributed by atoms with Gasteiger partial charge in [-0.05, 0) is 53.1 Å². The minimum Gasteiger partial charge on any atom is -0.326 e. The standard InChI is InChI=1S/C22H18N4/c23-15-16-7-1-2-8-18(16)17-13-21(19-9-3-5-11-24-19)26-22(14-17)20-10-4-6-12-25-20/h1-14H,15,23H2. The molecule has 126 valence electrons. The van der Waals surface area contributed by atoms with Crippen LogP contribution in [0.3, 0.4) is 0 Å². The molecule has 0 amide bonds. The Morgan fingerprint density at radius 1 is 0.654 bits per heavy atom. The highest BCUT2D eigenvalue weighted by molar-refractivity contribution is 5.76. The molecule has 3 heterocycles. The van der Waals surface area contributed by atoms with E-state index in [0.717, 1.165) is 39.5 Å². The Hall–Kier alpha value is -3.37. The second kappa shape index (κ2) is 7.25. The lowest BCUT2D eigenvalue weighted by atomic mass is 9.98. The molecule has 4 rings (SSSR count). The molecular weight excluding hydrogens is 320 g/mol. The van der Waals surface area contributed by atoms with E-state index in [1.165, 1.54) is 0 Å². The maximum atomic E-state index is 5.95. The lowest BCUT2D eigenvalue weighted by molar-refractivity contribution is 1.07. The summed E-state index contributed by atoms with van der Waals surface area (Å²) in [6.07, 6.45) is 3.55. The molecule has 0 fully saturated rings. The maximum Gasteiger partial charge on any atom is 0.0900 e. The zero-order chi connectivity index (χ0) is 17.8. The van der Waals surface area contributed by atoms with Gasteiger partial charge in [0.25, 0.3) is 0 Å². The smallest absolute Gasteiger partial charge is 0.0900 e. The van der Waals surface area contributed by atoms with E-state index in [0.29, 0.717) is 6.54 Å². The SMILES string of the molecule is NCc1ccccc1-c1cc(-c2ccccn2)nc(-c2ccccn2)c1. The Bertz CT molecular complexity index is 957. The number of pyridine rings is 3. The van der Waals surface area contributed by atoms with Crippen LogP contribution in [0.15, 0.2) is 85.2 Å². The molecule has 4 aromatic rings. The first-order chi connectivity index (χ1) is 12.8. The molecule has 3 aromatic heterocycles. The second-order valence-electron chi connectivity index (χ2n) is 5.92. The van der Waals surface area contributed by atoms with Crippen molar-refractivity contribution >= 4 is 0 Å². The van der Waals surface area contributed by atoms with Gasteiger partial charge in [0.2, 0.25) is 0 Å². The van der Waals surface area contributed by atoms with Gasteiger partial charge >= 0.3 is 0 Å². The van der Waals surface area contributed by atoms with Gasteiger partial charge in [0.15, 0.2) is 0 Å². The van der Waals surface area contributed by atoms with Crippen LogP contribution in [-0.2, 0) is 6.54 Å². The average molecular weight is 338 g/mol. The quantitative estimate of drug-likeness (QED) is 0.601. The molecule has 2 N–H and O–H groups in total. The van der Waals surface area contributed by atoms with Crippen molar-refractivity contribution in [1.29, 1.82) is 0 Å². The molecule has 0 unspecified atom stereocenters. The molecule has 4 nitrogen and oxygen atoms in total. The van der Waals surface area contributed by atoms with Crippen LogP contribution in [0.5, 0.6) is 0 Å². The first-order valence-corrected chi connectivity index (χ1v) is 8.48. The summed E-state index contributed by atoms with van der Waals surface area (Å²) >= 11 is 0. The van der Waals surface area contributed by atoms with E-state index in [1.54, 1.807) is 12.4 Å². The first-order valence-electron chi connectivity index (χ1n) is 8.48. The van der Waals surface area contributed by atoms with Gasteiger partial charge in [-0.3, -0.25) is 9.97 Å². The van der Waals surface area contributed by atoms with Crippen molar-refractivity contribution in [1.82, 2.24) is 15.0 Å². The summed E-state index contributed by atoms with van der Waals surface area (Å²) in [5, 5.41) is 0. The summed E-state index contributed by atoms with van der Waals surface area (Å²) in [6, 6.07) is 23.9. The molecule has 0 radical (unpaired) electrons. The third-order valence-corrected chi connectivity index (χ3v) is 4.23. The zero-order valence-corrected chi connectivity index (χ0v) is 14.2. The molecular formula is C22H18N4. The van der Waals surface area contributed by atoms with E-state index in [2.05, 4.69) is 34.2 Å². The predicted molar refractivity (Wildman–Crippen MR) is 104 cm³/mol. The van der Waals surface area contributed by atoms with Gasteiger partial charge in [0.05, 0.1) is 22.8 Å². The van der Waals surface area contributed by atoms with E-state index >= 15 is 0 Å². The van der Waals surface area contributed by atoms with Crippen LogP contribution in [0.2, 0.25) is 0 Å². The molecule has 0 saturated heterocycles. The third kappa shape index (κ3) is 3.23. The Labute approximate surface area is 152 Å². The molecule has 0 aliphatic heterocycles. The highest BCUT2D eigenvalue weighted by Gasteiger charge is 2.11. The number of aromatic nitrogens is 3. The molecule has 26 heavy (non-hydrogen) atoms. The molecule has 4 heteroatoms. The van der Waals surface area contributed by atoms with Gasteiger partial charge in [-0.25, -0.2) is 4.98 Å². The van der Waals surface area contributed by atoms with Gasteiger partial charge in [-0.15, -0.1) is 0 Å². The maximum absolute atomic E-state index is 5.95. The lowest BCUT2D eigenvalue weighted by Crippen LogP contribution is -2.00. The van der Waals surface area contributed by atoms with Crippen LogP contribution in [0.1, 0.15) is 5.56 Å². The van der Waals surface area contributed by atoms with Crippen LogP contribution in [0.4, 0.5) is 0 Å². The lowest BCUT2D eigenvalue weighted by Gasteiger charge is -2.12. The Morgan fingerprint density at radius 2 is 1.23 bits per heavy atom. The van der Waals surface area contributed by atoms with E-state index < -0.39 is 0 Å². The topological polar surface area (TPSA) is 64.7 Å². The molecule has 0 spiro atoms. The fraction of sp³-hybridized carbons (Fsp3) is 0.0455. The van der Waals surface area contributed by atoms with Crippen LogP contribution in [0.25, 0.3) is 33.9 Å². The highest BCUT2D eigenvalue weighted by atomic mass is 14.8. The minimum atomic E-state index is 0.482. The molecule has 1 aromatic carbocycles. The van der Waals surface area contributed by atoms with Gasteiger partial charge in [-0.2, -0.15) is 0 Å². The second-order valence-corrected chi connectivity index (χ2v) is 5.92. The minimum absolute atomic E-state index is 0.482. The van der Waals surface area contributed by atoms with Gasteiger partial charge < -0.3 is 5.73 Å². The number of benzene rings is 1. The monoisotopic (exact) mass is 338 g/mol. The van der Waals surface area contributed by atoms with Gasteiger partial charge in [0, 0.05) is 18.9 Å². The molecule has 0 atom stereocenters. The molecule has 0 aliphatic carbocycles. The molecule has 0 aliphatic rings. The van der Waals surface area contributed by atoms with Gasteiger partial charge in [-0.1, -0.05) is 36.4 Å². The van der Waals surface area contributed by atoms with E-state index in [4.69, 9.17) is 10.7 Å². The fourth-order valence-corrected chi connectivity index (χ4v) is 2.96. The summed E-state index contributed by atoms with van der Waals surface area (Å²) in [6.45, 7) is 0.482. The third-order valence-electron chi connectivity index (χ3n) is 4.23. The summed E-state index contributed by atoms with van der Waals surface area (Å²) in [5.41, 5.74) is 12.5.